The molecule has 0 aliphatic heterocycles. The zero-order valence-electron chi connectivity index (χ0n) is 16.0. The topological polar surface area (TPSA) is 54.2 Å². The fourth-order valence-corrected chi connectivity index (χ4v) is 2.84. The molecule has 2 aromatic carbocycles. The summed E-state index contributed by atoms with van der Waals surface area (Å²) in [5.74, 6) is 0.528. The van der Waals surface area contributed by atoms with E-state index in [4.69, 9.17) is 0 Å². The lowest BCUT2D eigenvalue weighted by molar-refractivity contribution is 0.625. The van der Waals surface area contributed by atoms with Gasteiger partial charge in [0.2, 0.25) is 0 Å². The van der Waals surface area contributed by atoms with E-state index < -0.39 is 0 Å². The van der Waals surface area contributed by atoms with Crippen molar-refractivity contribution in [2.24, 2.45) is 4.99 Å². The fourth-order valence-electron chi connectivity index (χ4n) is 2.84. The van der Waals surface area contributed by atoms with E-state index in [0.717, 1.165) is 41.3 Å². The monoisotopic (exact) mass is 493 g/mol. The molecule has 5 nitrogen and oxygen atoms in total. The number of guanidine groups is 1. The Hall–Kier alpha value is -2.42. The Morgan fingerprint density at radius 3 is 2.64 bits per heavy atom. The average molecular weight is 493 g/mol. The third-order valence-electron chi connectivity index (χ3n) is 4.33. The van der Waals surface area contributed by atoms with Crippen LogP contribution >= 0.6 is 24.0 Å². The van der Waals surface area contributed by atoms with Gasteiger partial charge in [0, 0.05) is 31.9 Å². The van der Waals surface area contributed by atoms with Crippen LogP contribution in [0, 0.1) is 12.7 Å². The first-order chi connectivity index (χ1) is 13.2. The number of benzene rings is 2. The highest BCUT2D eigenvalue weighted by Crippen LogP contribution is 2.10. The predicted octanol–water partition coefficient (Wildman–Crippen LogP) is 3.85. The lowest BCUT2D eigenvalue weighted by Crippen LogP contribution is -2.37. The van der Waals surface area contributed by atoms with Crippen LogP contribution in [0.1, 0.15) is 16.7 Å². The minimum absolute atomic E-state index is 0. The molecule has 0 aliphatic rings. The van der Waals surface area contributed by atoms with Crippen molar-refractivity contribution in [3.8, 4) is 5.69 Å². The number of aryl methyl sites for hydroxylation is 1. The SMILES string of the molecule is CN=C(NCCc1ccc(F)cc1C)NCc1cnn(-c2ccccc2)c1.I. The molecular weight excluding hydrogens is 468 g/mol. The molecule has 28 heavy (non-hydrogen) atoms. The Morgan fingerprint density at radius 2 is 1.93 bits per heavy atom. The number of para-hydroxylation sites is 1. The largest absolute Gasteiger partial charge is 0.356 e. The molecule has 0 atom stereocenters. The number of nitrogens with one attached hydrogen (secondary N) is 2. The van der Waals surface area contributed by atoms with E-state index in [2.05, 4.69) is 20.7 Å². The van der Waals surface area contributed by atoms with Gasteiger partial charge in [-0.05, 0) is 48.7 Å². The van der Waals surface area contributed by atoms with Crippen LogP contribution in [-0.4, -0.2) is 29.3 Å². The van der Waals surface area contributed by atoms with Crippen LogP contribution in [0.3, 0.4) is 0 Å². The van der Waals surface area contributed by atoms with E-state index in [9.17, 15) is 4.39 Å². The van der Waals surface area contributed by atoms with Gasteiger partial charge in [0.15, 0.2) is 5.96 Å². The summed E-state index contributed by atoms with van der Waals surface area (Å²) in [5.41, 5.74) is 4.19. The zero-order chi connectivity index (χ0) is 19.1. The summed E-state index contributed by atoms with van der Waals surface area (Å²) in [6.07, 6.45) is 4.64. The Morgan fingerprint density at radius 1 is 1.14 bits per heavy atom. The highest BCUT2D eigenvalue weighted by molar-refractivity contribution is 14.0. The van der Waals surface area contributed by atoms with Crippen molar-refractivity contribution >= 4 is 29.9 Å². The third kappa shape index (κ3) is 6.05. The Kier molecular flexibility index (Phi) is 8.43. The predicted molar refractivity (Wildman–Crippen MR) is 122 cm³/mol. The summed E-state index contributed by atoms with van der Waals surface area (Å²) in [4.78, 5) is 4.24. The maximum atomic E-state index is 13.2. The summed E-state index contributed by atoms with van der Waals surface area (Å²) in [7, 11) is 1.74. The molecule has 1 aromatic heterocycles. The van der Waals surface area contributed by atoms with Gasteiger partial charge in [0.05, 0.1) is 11.9 Å². The summed E-state index contributed by atoms with van der Waals surface area (Å²) < 4.78 is 15.0. The van der Waals surface area contributed by atoms with E-state index in [1.54, 1.807) is 13.1 Å². The van der Waals surface area contributed by atoms with E-state index >= 15 is 0 Å². The number of hydrogen-bond acceptors (Lipinski definition) is 2. The van der Waals surface area contributed by atoms with E-state index in [-0.39, 0.29) is 29.8 Å². The molecule has 0 aliphatic carbocycles. The maximum Gasteiger partial charge on any atom is 0.191 e. The second-order valence-electron chi connectivity index (χ2n) is 6.30. The van der Waals surface area contributed by atoms with Gasteiger partial charge >= 0.3 is 0 Å². The van der Waals surface area contributed by atoms with Gasteiger partial charge in [-0.25, -0.2) is 9.07 Å². The Balaban J connectivity index is 0.00000280. The van der Waals surface area contributed by atoms with Crippen LogP contribution in [0.15, 0.2) is 65.9 Å². The number of aliphatic imine (C=N–C) groups is 1. The smallest absolute Gasteiger partial charge is 0.191 e. The van der Waals surface area contributed by atoms with Crippen LogP contribution in [0.2, 0.25) is 0 Å². The van der Waals surface area contributed by atoms with Gasteiger partial charge in [-0.1, -0.05) is 24.3 Å². The molecule has 0 saturated heterocycles. The molecule has 0 saturated carbocycles. The van der Waals surface area contributed by atoms with Gasteiger partial charge in [0.25, 0.3) is 0 Å². The lowest BCUT2D eigenvalue weighted by atomic mass is 10.1. The Labute approximate surface area is 182 Å². The van der Waals surface area contributed by atoms with Crippen molar-refractivity contribution in [3.05, 3.63) is 83.4 Å². The van der Waals surface area contributed by atoms with Crippen LogP contribution < -0.4 is 10.6 Å². The van der Waals surface area contributed by atoms with Crippen molar-refractivity contribution in [2.45, 2.75) is 19.9 Å². The van der Waals surface area contributed by atoms with Gasteiger partial charge < -0.3 is 10.6 Å². The first-order valence-corrected chi connectivity index (χ1v) is 8.94. The van der Waals surface area contributed by atoms with Crippen molar-refractivity contribution in [3.63, 3.8) is 0 Å². The minimum atomic E-state index is -0.197. The molecule has 148 valence electrons. The molecule has 1 heterocycles. The van der Waals surface area contributed by atoms with Gasteiger partial charge in [-0.15, -0.1) is 24.0 Å². The standard InChI is InChI=1S/C21H24FN5.HI/c1-16-12-19(22)9-8-18(16)10-11-24-21(23-2)25-13-17-14-26-27(15-17)20-6-4-3-5-7-20;/h3-9,12,14-15H,10-11,13H2,1-2H3,(H2,23,24,25);1H. The number of nitrogens with zero attached hydrogens (tertiary/aromatic N) is 3. The molecule has 0 spiro atoms. The van der Waals surface area contributed by atoms with E-state index in [1.807, 2.05) is 60.4 Å². The normalized spacial score (nSPS) is 11.0. The zero-order valence-corrected chi connectivity index (χ0v) is 18.4. The average Bonchev–Trinajstić information content (AvgIpc) is 3.16. The molecule has 2 N–H and O–H groups in total. The second-order valence-corrected chi connectivity index (χ2v) is 6.30. The fraction of sp³-hybridized carbons (Fsp3) is 0.238. The number of halogens is 2. The quantitative estimate of drug-likeness (QED) is 0.312. The first kappa shape index (κ1) is 21.9. The van der Waals surface area contributed by atoms with Crippen LogP contribution in [0.4, 0.5) is 4.39 Å². The highest BCUT2D eigenvalue weighted by Gasteiger charge is 2.04. The maximum absolute atomic E-state index is 13.2. The van der Waals surface area contributed by atoms with E-state index in [0.29, 0.717) is 6.54 Å². The first-order valence-electron chi connectivity index (χ1n) is 8.94. The molecule has 0 fully saturated rings. The van der Waals surface area contributed by atoms with Crippen LogP contribution in [-0.2, 0) is 13.0 Å². The number of hydrogen-bond donors (Lipinski definition) is 2. The molecular formula is C21H25FIN5. The second kappa shape index (κ2) is 10.8. The van der Waals surface area contributed by atoms with Crippen molar-refractivity contribution in [1.29, 1.82) is 0 Å². The Bertz CT molecular complexity index is 908. The van der Waals surface area contributed by atoms with Crippen molar-refractivity contribution < 1.29 is 4.39 Å². The number of aromatic nitrogens is 2. The lowest BCUT2D eigenvalue weighted by Gasteiger charge is -2.12. The molecule has 0 unspecified atom stereocenters. The van der Waals surface area contributed by atoms with Crippen LogP contribution in [0.25, 0.3) is 5.69 Å². The number of rotatable bonds is 6. The minimum Gasteiger partial charge on any atom is -0.356 e. The van der Waals surface area contributed by atoms with Gasteiger partial charge in [0.1, 0.15) is 5.82 Å². The highest BCUT2D eigenvalue weighted by atomic mass is 127. The molecule has 7 heteroatoms. The summed E-state index contributed by atoms with van der Waals surface area (Å²) in [6, 6.07) is 14.9. The molecule has 3 rings (SSSR count). The summed E-state index contributed by atoms with van der Waals surface area (Å²) in [6.45, 7) is 3.27. The summed E-state index contributed by atoms with van der Waals surface area (Å²) >= 11 is 0. The molecule has 0 amide bonds. The molecule has 0 bridgehead atoms. The summed E-state index contributed by atoms with van der Waals surface area (Å²) in [5, 5.41) is 11.0. The molecule has 3 aromatic rings. The van der Waals surface area contributed by atoms with Crippen molar-refractivity contribution in [1.82, 2.24) is 20.4 Å². The third-order valence-corrected chi connectivity index (χ3v) is 4.33. The molecule has 0 radical (unpaired) electrons. The van der Waals surface area contributed by atoms with Crippen molar-refractivity contribution in [2.75, 3.05) is 13.6 Å². The van der Waals surface area contributed by atoms with E-state index in [1.165, 1.54) is 6.07 Å². The van der Waals surface area contributed by atoms with Gasteiger partial charge in [-0.2, -0.15) is 5.10 Å². The van der Waals surface area contributed by atoms with Crippen LogP contribution in [0.5, 0.6) is 0 Å². The van der Waals surface area contributed by atoms with Gasteiger partial charge in [-0.3, -0.25) is 4.99 Å².